The Morgan fingerprint density at radius 3 is 2.64 bits per heavy atom. The van der Waals surface area contributed by atoms with E-state index in [1.165, 1.54) is 30.5 Å². The highest BCUT2D eigenvalue weighted by Crippen LogP contribution is 2.32. The number of likely N-dealkylation sites (tertiary alicyclic amines) is 1. The van der Waals surface area contributed by atoms with E-state index in [0.29, 0.717) is 13.1 Å². The van der Waals surface area contributed by atoms with Crippen molar-refractivity contribution in [2.75, 3.05) is 19.7 Å². The Hall–Kier alpha value is -2.61. The van der Waals surface area contributed by atoms with Crippen LogP contribution in [0.25, 0.3) is 0 Å². The number of rotatable bonds is 4. The molecule has 2 aromatic rings. The molecule has 8 heteroatoms. The molecule has 28 heavy (non-hydrogen) atoms. The summed E-state index contributed by atoms with van der Waals surface area (Å²) in [6.07, 6.45) is -1.54. The minimum absolute atomic E-state index is 0.00396. The van der Waals surface area contributed by atoms with E-state index >= 15 is 0 Å². The smallest absolute Gasteiger partial charge is 0.396 e. The lowest BCUT2D eigenvalue weighted by Crippen LogP contribution is -2.41. The molecule has 1 amide bonds. The van der Waals surface area contributed by atoms with Gasteiger partial charge in [-0.15, -0.1) is 0 Å². The number of piperidine rings is 1. The largest absolute Gasteiger partial charge is 0.416 e. The number of alkyl halides is 3. The molecule has 5 nitrogen and oxygen atoms in total. The maximum Gasteiger partial charge on any atom is 0.416 e. The molecule has 1 aliphatic heterocycles. The average molecular weight is 394 g/mol. The molecule has 0 saturated carbocycles. The van der Waals surface area contributed by atoms with Crippen LogP contribution in [-0.2, 0) is 12.7 Å². The molecule has 1 saturated heterocycles. The lowest BCUT2D eigenvalue weighted by molar-refractivity contribution is -0.138. The number of benzene rings is 1. The zero-order valence-electron chi connectivity index (χ0n) is 15.2. The van der Waals surface area contributed by atoms with Crippen LogP contribution in [0, 0.1) is 5.92 Å². The van der Waals surface area contributed by atoms with Crippen LogP contribution in [0.15, 0.2) is 47.4 Å². The van der Waals surface area contributed by atoms with Gasteiger partial charge in [-0.05, 0) is 36.5 Å². The summed E-state index contributed by atoms with van der Waals surface area (Å²) in [6, 6.07) is 7.70. The van der Waals surface area contributed by atoms with E-state index in [-0.39, 0.29) is 36.1 Å². The Morgan fingerprint density at radius 2 is 1.96 bits per heavy atom. The molecule has 1 atom stereocenters. The molecule has 2 heterocycles. The summed E-state index contributed by atoms with van der Waals surface area (Å²) in [4.78, 5) is 26.6. The molecule has 1 unspecified atom stereocenters. The number of amides is 1. The van der Waals surface area contributed by atoms with Gasteiger partial charge in [-0.1, -0.05) is 18.2 Å². The number of aliphatic hydroxyl groups excluding tert-OH is 1. The summed E-state index contributed by atoms with van der Waals surface area (Å²) in [6.45, 7) is 0.748. The predicted octanol–water partition coefficient (Wildman–Crippen LogP) is 2.76. The Morgan fingerprint density at radius 1 is 1.21 bits per heavy atom. The first-order chi connectivity index (χ1) is 13.3. The summed E-state index contributed by atoms with van der Waals surface area (Å²) < 4.78 is 40.5. The zero-order valence-corrected chi connectivity index (χ0v) is 15.2. The number of aromatic nitrogens is 1. The van der Waals surface area contributed by atoms with E-state index in [0.717, 1.165) is 29.5 Å². The van der Waals surface area contributed by atoms with E-state index in [2.05, 4.69) is 0 Å². The third-order valence-electron chi connectivity index (χ3n) is 4.97. The molecule has 1 fully saturated rings. The van der Waals surface area contributed by atoms with Gasteiger partial charge in [0.05, 0.1) is 12.1 Å². The molecule has 0 bridgehead atoms. The highest BCUT2D eigenvalue weighted by atomic mass is 19.4. The van der Waals surface area contributed by atoms with Crippen LogP contribution in [-0.4, -0.2) is 40.2 Å². The summed E-state index contributed by atoms with van der Waals surface area (Å²) >= 11 is 0. The minimum atomic E-state index is -4.51. The molecular weight excluding hydrogens is 373 g/mol. The standard InChI is InChI=1S/C20H21F3N2O3/c21-20(22,23)17-6-2-1-5-16(17)12-24-9-7-15(10-18(24)27)19(28)25-8-3-4-14(11-25)13-26/h1-2,5-7,9-10,14,26H,3-4,8,11-13H2. The van der Waals surface area contributed by atoms with Crippen molar-refractivity contribution in [2.24, 2.45) is 5.92 Å². The molecule has 150 valence electrons. The number of pyridine rings is 1. The van der Waals surface area contributed by atoms with E-state index in [9.17, 15) is 27.9 Å². The fraction of sp³-hybridized carbons (Fsp3) is 0.400. The van der Waals surface area contributed by atoms with Crippen molar-refractivity contribution in [2.45, 2.75) is 25.6 Å². The fourth-order valence-corrected chi connectivity index (χ4v) is 3.47. The number of halogens is 3. The van der Waals surface area contributed by atoms with Gasteiger partial charge in [-0.25, -0.2) is 0 Å². The van der Waals surface area contributed by atoms with Crippen LogP contribution in [0.4, 0.5) is 13.2 Å². The quantitative estimate of drug-likeness (QED) is 0.868. The monoisotopic (exact) mass is 394 g/mol. The van der Waals surface area contributed by atoms with E-state index in [1.807, 2.05) is 0 Å². The van der Waals surface area contributed by atoms with Crippen LogP contribution in [0.5, 0.6) is 0 Å². The molecule has 0 spiro atoms. The second-order valence-electron chi connectivity index (χ2n) is 6.98. The van der Waals surface area contributed by atoms with E-state index < -0.39 is 17.3 Å². The number of carbonyl (C=O) groups is 1. The van der Waals surface area contributed by atoms with Gasteiger partial charge in [0, 0.05) is 37.5 Å². The van der Waals surface area contributed by atoms with E-state index in [1.54, 1.807) is 4.90 Å². The van der Waals surface area contributed by atoms with Crippen molar-refractivity contribution in [3.63, 3.8) is 0 Å². The number of nitrogens with zero attached hydrogens (tertiary/aromatic N) is 2. The van der Waals surface area contributed by atoms with Crippen LogP contribution >= 0.6 is 0 Å². The van der Waals surface area contributed by atoms with Gasteiger partial charge in [0.15, 0.2) is 0 Å². The molecule has 0 aliphatic carbocycles. The molecule has 1 aliphatic rings. The predicted molar refractivity (Wildman–Crippen MR) is 97.0 cm³/mol. The van der Waals surface area contributed by atoms with Crippen molar-refractivity contribution < 1.29 is 23.1 Å². The highest BCUT2D eigenvalue weighted by Gasteiger charge is 2.33. The second kappa shape index (κ2) is 8.18. The molecule has 0 radical (unpaired) electrons. The number of carbonyl (C=O) groups excluding carboxylic acids is 1. The summed E-state index contributed by atoms with van der Waals surface area (Å²) in [5, 5.41) is 9.29. The fourth-order valence-electron chi connectivity index (χ4n) is 3.47. The van der Waals surface area contributed by atoms with Crippen LogP contribution in [0.2, 0.25) is 0 Å². The average Bonchev–Trinajstić information content (AvgIpc) is 2.68. The summed E-state index contributed by atoms with van der Waals surface area (Å²) in [5.74, 6) is -0.282. The van der Waals surface area contributed by atoms with Crippen molar-refractivity contribution in [1.29, 1.82) is 0 Å². The lowest BCUT2D eigenvalue weighted by atomic mass is 9.98. The molecule has 1 N–H and O–H groups in total. The van der Waals surface area contributed by atoms with Gasteiger partial charge in [0.2, 0.25) is 0 Å². The Kier molecular flexibility index (Phi) is 5.88. The van der Waals surface area contributed by atoms with Crippen LogP contribution < -0.4 is 5.56 Å². The van der Waals surface area contributed by atoms with E-state index in [4.69, 9.17) is 0 Å². The van der Waals surface area contributed by atoms with Crippen LogP contribution in [0.1, 0.15) is 34.3 Å². The van der Waals surface area contributed by atoms with Gasteiger partial charge < -0.3 is 14.6 Å². The van der Waals surface area contributed by atoms with Crippen LogP contribution in [0.3, 0.4) is 0 Å². The van der Waals surface area contributed by atoms with Gasteiger partial charge in [-0.2, -0.15) is 13.2 Å². The number of aliphatic hydroxyl groups is 1. The Balaban J connectivity index is 1.80. The van der Waals surface area contributed by atoms with Crippen molar-refractivity contribution >= 4 is 5.91 Å². The molecular formula is C20H21F3N2O3. The topological polar surface area (TPSA) is 62.5 Å². The highest BCUT2D eigenvalue weighted by molar-refractivity contribution is 5.94. The second-order valence-corrected chi connectivity index (χ2v) is 6.98. The van der Waals surface area contributed by atoms with Gasteiger partial charge in [-0.3, -0.25) is 9.59 Å². The van der Waals surface area contributed by atoms with Gasteiger partial charge >= 0.3 is 6.18 Å². The normalized spacial score (nSPS) is 17.6. The Labute approximate surface area is 160 Å². The lowest BCUT2D eigenvalue weighted by Gasteiger charge is -2.31. The molecule has 1 aromatic heterocycles. The first-order valence-electron chi connectivity index (χ1n) is 9.05. The maximum absolute atomic E-state index is 13.1. The Bertz CT molecular complexity index is 908. The number of hydrogen-bond acceptors (Lipinski definition) is 3. The third kappa shape index (κ3) is 4.44. The SMILES string of the molecule is O=C(c1ccn(Cc2ccccc2C(F)(F)F)c(=O)c1)N1CCCC(CO)C1. The van der Waals surface area contributed by atoms with Gasteiger partial charge in [0.1, 0.15) is 0 Å². The zero-order chi connectivity index (χ0) is 20.3. The molecule has 3 rings (SSSR count). The maximum atomic E-state index is 13.1. The van der Waals surface area contributed by atoms with Crippen molar-refractivity contribution in [3.05, 3.63) is 69.6 Å². The first-order valence-corrected chi connectivity index (χ1v) is 9.05. The molecule has 1 aromatic carbocycles. The summed E-state index contributed by atoms with van der Waals surface area (Å²) in [5.41, 5.74) is -1.15. The third-order valence-corrected chi connectivity index (χ3v) is 4.97. The van der Waals surface area contributed by atoms with Crippen molar-refractivity contribution in [3.8, 4) is 0 Å². The minimum Gasteiger partial charge on any atom is -0.396 e. The first kappa shape index (κ1) is 20.1. The van der Waals surface area contributed by atoms with Gasteiger partial charge in [0.25, 0.3) is 11.5 Å². The van der Waals surface area contributed by atoms with Crippen molar-refractivity contribution in [1.82, 2.24) is 9.47 Å². The number of hydrogen-bond donors (Lipinski definition) is 1. The summed E-state index contributed by atoms with van der Waals surface area (Å²) in [7, 11) is 0.